The van der Waals surface area contributed by atoms with E-state index in [2.05, 4.69) is 53.2 Å². The first-order chi connectivity index (χ1) is 48.6. The minimum Gasteiger partial charge on any atom is -0.480 e. The Morgan fingerprint density at radius 2 is 1.01 bits per heavy atom. The van der Waals surface area contributed by atoms with Crippen molar-refractivity contribution in [2.75, 3.05) is 39.3 Å². The van der Waals surface area contributed by atoms with Gasteiger partial charge in [-0.25, -0.2) is 14.4 Å². The number of rotatable bonds is 35. The molecule has 0 unspecified atom stereocenters. The average Bonchev–Trinajstić information content (AvgIpc) is 0.841. The third kappa shape index (κ3) is 22.9. The number of aliphatic carboxylic acids is 1. The lowest BCUT2D eigenvalue weighted by atomic mass is 9.77. The van der Waals surface area contributed by atoms with E-state index in [0.717, 1.165) is 38.9 Å². The minimum atomic E-state index is -1.47. The van der Waals surface area contributed by atoms with Crippen LogP contribution in [-0.2, 0) is 63.0 Å². The van der Waals surface area contributed by atoms with E-state index in [1.807, 2.05) is 140 Å². The second kappa shape index (κ2) is 37.7. The first kappa shape index (κ1) is 78.7. The molecule has 7 rings (SSSR count). The second-order valence-electron chi connectivity index (χ2n) is 27.4. The van der Waals surface area contributed by atoms with Crippen LogP contribution in [0.5, 0.6) is 0 Å². The van der Waals surface area contributed by atoms with E-state index >= 15 is 0 Å². The van der Waals surface area contributed by atoms with Crippen molar-refractivity contribution in [3.63, 3.8) is 0 Å². The second-order valence-corrected chi connectivity index (χ2v) is 27.4. The molecule has 0 saturated carbocycles. The van der Waals surface area contributed by atoms with Gasteiger partial charge in [-0.1, -0.05) is 167 Å². The van der Waals surface area contributed by atoms with Crippen LogP contribution in [0.25, 0.3) is 11.1 Å². The molecular weight excluding hydrogens is 1310 g/mol. The van der Waals surface area contributed by atoms with Gasteiger partial charge in [-0.05, 0) is 130 Å². The molecule has 1 aliphatic heterocycles. The summed E-state index contributed by atoms with van der Waals surface area (Å²) in [6, 6.07) is 36.3. The van der Waals surface area contributed by atoms with E-state index in [0.29, 0.717) is 19.3 Å². The van der Waals surface area contributed by atoms with Gasteiger partial charge in [-0.2, -0.15) is 0 Å². The molecule has 1 fully saturated rings. The number of nitrogens with one attached hydrogen (secondary N) is 10. The fraction of sp³-hybridized carbons (Fsp3) is 0.447. The normalized spacial score (nSPS) is 14.8. The molecule has 2 aliphatic rings. The van der Waals surface area contributed by atoms with E-state index < -0.39 is 138 Å². The standard InChI is InChI=1S/C76H97N11O15/c1-47(2)41-60(68(93)78-43-64(89)83-61(42-48(3)4)70(95)81-49(5)67(92)79-45-66(91)87-40-24-36-62(87)71(96)84-59(72(97)98)35-22-23-39-77-74(100)102-75(6,7)8)85-69(94)58(82-65(90)44-80-73(99)101-46-57-55-33-20-18-31-53(55)54-32-19-21-34-56(54)57)37-38-63(88)86-76(50-25-12-9-13-26-50,51-27-14-10-15-28-51)52-29-16-11-17-30-52/h9-21,25-34,47-49,57-62H,22-24,35-46H2,1-8H3,(H,77,100)(H,78,93)(H,79,92)(H,80,99)(H,81,95)(H,82,90)(H,83,89)(H,84,96)(H,85,94)(H,86,88)(H,97,98)/t49-,58-,59-,60-,61-,62-/m0/s1. The number of carboxylic acids is 1. The minimum absolute atomic E-state index is 0.0300. The SMILES string of the molecule is CC(C)C[C@H](NC(=O)CNC(=O)[C@H](CC(C)C)NC(=O)[C@H](CCC(=O)NC(c1ccccc1)(c1ccccc1)c1ccccc1)NC(=O)CNC(=O)OCC1c2ccccc2-c2ccccc21)C(=O)N[C@@H](C)C(=O)NCC(=O)N1CCC[C@H]1C(=O)N[C@@H](CCCCNC(=O)OC(C)(C)C)C(=O)O. The number of ether oxygens (including phenoxy) is 2. The largest absolute Gasteiger partial charge is 0.480 e. The summed E-state index contributed by atoms with van der Waals surface area (Å²) in [5, 5.41) is 36.3. The van der Waals surface area contributed by atoms with Crippen LogP contribution in [0.4, 0.5) is 9.59 Å². The quantitative estimate of drug-likeness (QED) is 0.0165. The number of unbranched alkanes of at least 4 members (excludes halogenated alkanes) is 1. The first-order valence-electron chi connectivity index (χ1n) is 34.7. The number of carbonyl (C=O) groups excluding carboxylic acids is 11. The summed E-state index contributed by atoms with van der Waals surface area (Å²) in [4.78, 5) is 164. The Morgan fingerprint density at radius 3 is 1.55 bits per heavy atom. The van der Waals surface area contributed by atoms with Gasteiger partial charge < -0.3 is 72.6 Å². The zero-order chi connectivity index (χ0) is 74.1. The van der Waals surface area contributed by atoms with Crippen LogP contribution < -0.4 is 53.2 Å². The van der Waals surface area contributed by atoms with Gasteiger partial charge >= 0.3 is 18.2 Å². The average molecular weight is 1400 g/mol. The number of fused-ring (bicyclic) bond motifs is 3. The lowest BCUT2D eigenvalue weighted by Gasteiger charge is -2.37. The molecule has 6 atom stereocenters. The van der Waals surface area contributed by atoms with Crippen molar-refractivity contribution in [3.8, 4) is 11.1 Å². The summed E-state index contributed by atoms with van der Waals surface area (Å²) in [5.74, 6) is -8.52. The Kier molecular flexibility index (Phi) is 29.1. The van der Waals surface area contributed by atoms with Gasteiger partial charge in [0.1, 0.15) is 60.5 Å². The maximum absolute atomic E-state index is 14.7. The highest BCUT2D eigenvalue weighted by atomic mass is 16.6. The molecule has 546 valence electrons. The van der Waals surface area contributed by atoms with Crippen molar-refractivity contribution >= 4 is 71.3 Å². The smallest absolute Gasteiger partial charge is 0.407 e. The zero-order valence-electron chi connectivity index (χ0n) is 59.2. The summed E-state index contributed by atoms with van der Waals surface area (Å²) >= 11 is 0. The van der Waals surface area contributed by atoms with Gasteiger partial charge in [0.15, 0.2) is 0 Å². The van der Waals surface area contributed by atoms with Crippen LogP contribution in [0.15, 0.2) is 140 Å². The molecule has 1 aliphatic carbocycles. The van der Waals surface area contributed by atoms with Crippen LogP contribution in [0.2, 0.25) is 0 Å². The molecule has 26 heteroatoms. The molecule has 1 heterocycles. The van der Waals surface area contributed by atoms with Crippen molar-refractivity contribution in [1.82, 2.24) is 58.1 Å². The van der Waals surface area contributed by atoms with Crippen molar-refractivity contribution in [2.24, 2.45) is 11.8 Å². The van der Waals surface area contributed by atoms with Crippen LogP contribution in [0.1, 0.15) is 147 Å². The monoisotopic (exact) mass is 1400 g/mol. The number of hydrogen-bond donors (Lipinski definition) is 11. The molecule has 0 spiro atoms. The molecule has 0 radical (unpaired) electrons. The number of nitrogens with zero attached hydrogens (tertiary/aromatic N) is 1. The van der Waals surface area contributed by atoms with Gasteiger partial charge in [0.05, 0.1) is 13.1 Å². The summed E-state index contributed by atoms with van der Waals surface area (Å²) in [6.07, 6.45) is -0.508. The lowest BCUT2D eigenvalue weighted by molar-refractivity contribution is -0.144. The van der Waals surface area contributed by atoms with Crippen molar-refractivity contribution < 1.29 is 72.1 Å². The molecule has 5 aromatic rings. The third-order valence-electron chi connectivity index (χ3n) is 17.4. The maximum Gasteiger partial charge on any atom is 0.407 e. The number of likely N-dealkylation sites (tertiary alicyclic amines) is 1. The lowest BCUT2D eigenvalue weighted by Crippen LogP contribution is -2.57. The first-order valence-corrected chi connectivity index (χ1v) is 34.7. The Balaban J connectivity index is 0.955. The van der Waals surface area contributed by atoms with Crippen molar-refractivity contribution in [2.45, 2.75) is 166 Å². The van der Waals surface area contributed by atoms with Gasteiger partial charge in [-0.15, -0.1) is 0 Å². The maximum atomic E-state index is 14.7. The van der Waals surface area contributed by atoms with Crippen LogP contribution in [0.3, 0.4) is 0 Å². The summed E-state index contributed by atoms with van der Waals surface area (Å²) in [6.45, 7) is 12.2. The summed E-state index contributed by atoms with van der Waals surface area (Å²) in [7, 11) is 0. The van der Waals surface area contributed by atoms with E-state index in [4.69, 9.17) is 9.47 Å². The van der Waals surface area contributed by atoms with Crippen LogP contribution in [0, 0.1) is 11.8 Å². The molecule has 11 amide bonds. The van der Waals surface area contributed by atoms with Crippen LogP contribution in [-0.4, -0.2) is 163 Å². The summed E-state index contributed by atoms with van der Waals surface area (Å²) < 4.78 is 10.9. The Morgan fingerprint density at radius 1 is 0.510 bits per heavy atom. The fourth-order valence-corrected chi connectivity index (χ4v) is 12.5. The van der Waals surface area contributed by atoms with Gasteiger partial charge in [-0.3, -0.25) is 43.2 Å². The number of carboxylic acid groups (broad SMARTS) is 1. The van der Waals surface area contributed by atoms with E-state index in [1.165, 1.54) is 11.8 Å². The van der Waals surface area contributed by atoms with Crippen molar-refractivity contribution in [1.29, 1.82) is 0 Å². The molecular formula is C76H97N11O15. The molecule has 11 N–H and O–H groups in total. The fourth-order valence-electron chi connectivity index (χ4n) is 12.5. The Labute approximate surface area is 595 Å². The molecule has 0 aromatic heterocycles. The van der Waals surface area contributed by atoms with Crippen LogP contribution >= 0.6 is 0 Å². The van der Waals surface area contributed by atoms with Gasteiger partial charge in [0, 0.05) is 25.4 Å². The third-order valence-corrected chi connectivity index (χ3v) is 17.4. The van der Waals surface area contributed by atoms with Crippen molar-refractivity contribution in [3.05, 3.63) is 167 Å². The molecule has 26 nitrogen and oxygen atoms in total. The van der Waals surface area contributed by atoms with Gasteiger partial charge in [0.25, 0.3) is 0 Å². The highest BCUT2D eigenvalue weighted by molar-refractivity contribution is 5.97. The number of benzene rings is 5. The highest BCUT2D eigenvalue weighted by Crippen LogP contribution is 2.44. The Bertz CT molecular complexity index is 3590. The van der Waals surface area contributed by atoms with E-state index in [1.54, 1.807) is 48.5 Å². The van der Waals surface area contributed by atoms with E-state index in [9.17, 15) is 62.6 Å². The predicted molar refractivity (Wildman–Crippen MR) is 380 cm³/mol. The topological polar surface area (TPSA) is 367 Å². The highest BCUT2D eigenvalue weighted by Gasteiger charge is 2.40. The van der Waals surface area contributed by atoms with Gasteiger partial charge in [0.2, 0.25) is 53.2 Å². The molecule has 1 saturated heterocycles. The number of alkyl carbamates (subject to hydrolysis) is 2. The number of amides is 11. The summed E-state index contributed by atoms with van der Waals surface area (Å²) in [5.41, 5.74) is 4.33. The molecule has 0 bridgehead atoms. The number of carbonyl (C=O) groups is 12. The molecule has 5 aromatic carbocycles. The number of hydrogen-bond acceptors (Lipinski definition) is 14. The zero-order valence-corrected chi connectivity index (χ0v) is 59.2. The Hall–Kier alpha value is -10.7. The molecule has 102 heavy (non-hydrogen) atoms. The predicted octanol–water partition coefficient (Wildman–Crippen LogP) is 5.95. The van der Waals surface area contributed by atoms with E-state index in [-0.39, 0.29) is 76.0 Å².